The third-order valence-corrected chi connectivity index (χ3v) is 5.68. The molecule has 3 atom stereocenters. The lowest BCUT2D eigenvalue weighted by atomic mass is 9.67. The van der Waals surface area contributed by atoms with Gasteiger partial charge in [0.15, 0.2) is 0 Å². The van der Waals surface area contributed by atoms with E-state index in [2.05, 4.69) is 39.5 Å². The van der Waals surface area contributed by atoms with Gasteiger partial charge in [0.1, 0.15) is 0 Å². The van der Waals surface area contributed by atoms with Gasteiger partial charge in [-0.25, -0.2) is 0 Å². The van der Waals surface area contributed by atoms with Gasteiger partial charge in [-0.3, -0.25) is 4.90 Å². The van der Waals surface area contributed by atoms with Crippen LogP contribution in [0.5, 0.6) is 0 Å². The summed E-state index contributed by atoms with van der Waals surface area (Å²) in [7, 11) is 0. The van der Waals surface area contributed by atoms with E-state index < -0.39 is 0 Å². The topological polar surface area (TPSA) is 49.5 Å². The van der Waals surface area contributed by atoms with Crippen LogP contribution >= 0.6 is 0 Å². The Morgan fingerprint density at radius 3 is 2.24 bits per heavy atom. The van der Waals surface area contributed by atoms with Crippen molar-refractivity contribution in [2.24, 2.45) is 23.0 Å². The smallest absolute Gasteiger partial charge is 0.0558 e. The van der Waals surface area contributed by atoms with Crippen molar-refractivity contribution in [3.8, 4) is 0 Å². The first kappa shape index (κ1) is 18.9. The minimum absolute atomic E-state index is 0.254. The number of hydrogen-bond donors (Lipinski definition) is 2. The number of nitrogens with two attached hydrogens (primary N) is 1. The molecule has 3 heteroatoms. The maximum Gasteiger partial charge on any atom is 0.0558 e. The third kappa shape index (κ3) is 4.94. The first-order valence-corrected chi connectivity index (χ1v) is 8.95. The van der Waals surface area contributed by atoms with E-state index in [0.29, 0.717) is 23.4 Å². The zero-order chi connectivity index (χ0) is 16.0. The molecule has 126 valence electrons. The van der Waals surface area contributed by atoms with Crippen LogP contribution in [0.25, 0.3) is 0 Å². The first-order valence-electron chi connectivity index (χ1n) is 8.95. The maximum atomic E-state index is 9.52. The predicted molar refractivity (Wildman–Crippen MR) is 91.3 cm³/mol. The van der Waals surface area contributed by atoms with Gasteiger partial charge in [-0.1, -0.05) is 34.6 Å². The molecule has 0 aromatic rings. The molecule has 0 spiro atoms. The second-order valence-corrected chi connectivity index (χ2v) is 7.87. The van der Waals surface area contributed by atoms with Gasteiger partial charge in [0.05, 0.1) is 6.61 Å². The molecule has 1 aliphatic carbocycles. The monoisotopic (exact) mass is 298 g/mol. The van der Waals surface area contributed by atoms with Gasteiger partial charge in [-0.05, 0) is 55.9 Å². The van der Waals surface area contributed by atoms with Crippen LogP contribution in [0.1, 0.15) is 66.7 Å². The summed E-state index contributed by atoms with van der Waals surface area (Å²) in [6.07, 6.45) is 6.10. The fourth-order valence-electron chi connectivity index (χ4n) is 4.17. The number of rotatable bonds is 7. The van der Waals surface area contributed by atoms with Crippen molar-refractivity contribution in [1.29, 1.82) is 0 Å². The van der Waals surface area contributed by atoms with E-state index in [0.717, 1.165) is 31.8 Å². The van der Waals surface area contributed by atoms with Crippen LogP contribution in [0.3, 0.4) is 0 Å². The standard InChI is InChI=1S/C18H38N2O/c1-6-16(7-2)20(10-11-21)17-12-15(18(3,4)5)9-8-14(17)13-19/h14-17,21H,6-13,19H2,1-5H3. The molecule has 1 rings (SSSR count). The van der Waals surface area contributed by atoms with Crippen LogP contribution in [-0.2, 0) is 0 Å². The number of nitrogens with zero attached hydrogens (tertiary/aromatic N) is 1. The van der Waals surface area contributed by atoms with E-state index in [9.17, 15) is 5.11 Å². The van der Waals surface area contributed by atoms with Crippen molar-refractivity contribution < 1.29 is 5.11 Å². The van der Waals surface area contributed by atoms with E-state index >= 15 is 0 Å². The molecule has 0 saturated heterocycles. The summed E-state index contributed by atoms with van der Waals surface area (Å²) in [4.78, 5) is 2.58. The van der Waals surface area contributed by atoms with Crippen LogP contribution in [0.4, 0.5) is 0 Å². The molecule has 21 heavy (non-hydrogen) atoms. The molecular weight excluding hydrogens is 260 g/mol. The Morgan fingerprint density at radius 1 is 1.19 bits per heavy atom. The molecule has 0 aromatic heterocycles. The number of aliphatic hydroxyl groups excluding tert-OH is 1. The molecule has 0 heterocycles. The summed E-state index contributed by atoms with van der Waals surface area (Å²) in [5.41, 5.74) is 6.45. The lowest BCUT2D eigenvalue weighted by Crippen LogP contribution is -2.53. The van der Waals surface area contributed by atoms with Gasteiger partial charge in [-0.2, -0.15) is 0 Å². The van der Waals surface area contributed by atoms with Crippen molar-refractivity contribution in [1.82, 2.24) is 4.90 Å². The normalized spacial score (nSPS) is 27.6. The van der Waals surface area contributed by atoms with E-state index in [4.69, 9.17) is 5.73 Å². The Kier molecular flexibility index (Phi) is 7.66. The quantitative estimate of drug-likeness (QED) is 0.758. The molecule has 0 bridgehead atoms. The van der Waals surface area contributed by atoms with E-state index in [1.807, 2.05) is 0 Å². The minimum Gasteiger partial charge on any atom is -0.395 e. The summed E-state index contributed by atoms with van der Waals surface area (Å²) in [5, 5.41) is 9.52. The first-order chi connectivity index (χ1) is 9.88. The highest BCUT2D eigenvalue weighted by atomic mass is 16.3. The number of aliphatic hydroxyl groups is 1. The summed E-state index contributed by atoms with van der Waals surface area (Å²) >= 11 is 0. The second-order valence-electron chi connectivity index (χ2n) is 7.87. The summed E-state index contributed by atoms with van der Waals surface area (Å²) in [6.45, 7) is 13.5. The molecule has 0 amide bonds. The van der Waals surface area contributed by atoms with Crippen molar-refractivity contribution in [2.75, 3.05) is 19.7 Å². The van der Waals surface area contributed by atoms with Gasteiger partial charge in [0.25, 0.3) is 0 Å². The molecule has 0 radical (unpaired) electrons. The van der Waals surface area contributed by atoms with Crippen molar-refractivity contribution >= 4 is 0 Å². The Labute approximate surface area is 132 Å². The average Bonchev–Trinajstić information content (AvgIpc) is 2.46. The zero-order valence-corrected chi connectivity index (χ0v) is 14.9. The highest BCUT2D eigenvalue weighted by Gasteiger charge is 2.39. The minimum atomic E-state index is 0.254. The second kappa shape index (κ2) is 8.50. The molecule has 0 aliphatic heterocycles. The van der Waals surface area contributed by atoms with Crippen LogP contribution in [0.2, 0.25) is 0 Å². The molecule has 3 N–H and O–H groups in total. The maximum absolute atomic E-state index is 9.52. The van der Waals surface area contributed by atoms with Crippen LogP contribution in [0.15, 0.2) is 0 Å². The van der Waals surface area contributed by atoms with E-state index in [1.54, 1.807) is 0 Å². The molecule has 3 unspecified atom stereocenters. The Bertz CT molecular complexity index is 283. The largest absolute Gasteiger partial charge is 0.395 e. The zero-order valence-electron chi connectivity index (χ0n) is 14.9. The molecular formula is C18H38N2O. The van der Waals surface area contributed by atoms with Crippen molar-refractivity contribution in [3.05, 3.63) is 0 Å². The highest BCUT2D eigenvalue weighted by molar-refractivity contribution is 4.92. The third-order valence-electron chi connectivity index (χ3n) is 5.68. The molecule has 3 nitrogen and oxygen atoms in total. The lowest BCUT2D eigenvalue weighted by molar-refractivity contribution is 0.00859. The highest BCUT2D eigenvalue weighted by Crippen LogP contribution is 2.42. The summed E-state index contributed by atoms with van der Waals surface area (Å²) in [5.74, 6) is 1.36. The van der Waals surface area contributed by atoms with Gasteiger partial charge in [0.2, 0.25) is 0 Å². The molecule has 1 fully saturated rings. The Morgan fingerprint density at radius 2 is 1.81 bits per heavy atom. The SMILES string of the molecule is CCC(CC)N(CCO)C1CC(C(C)(C)C)CCC1CN. The molecule has 1 saturated carbocycles. The fourth-order valence-corrected chi connectivity index (χ4v) is 4.17. The van der Waals surface area contributed by atoms with Crippen LogP contribution < -0.4 is 5.73 Å². The van der Waals surface area contributed by atoms with Gasteiger partial charge in [0, 0.05) is 18.6 Å². The average molecular weight is 299 g/mol. The van der Waals surface area contributed by atoms with Crippen molar-refractivity contribution in [3.63, 3.8) is 0 Å². The van der Waals surface area contributed by atoms with Crippen LogP contribution in [0, 0.1) is 17.3 Å². The lowest BCUT2D eigenvalue weighted by Gasteiger charge is -2.48. The van der Waals surface area contributed by atoms with Gasteiger partial charge < -0.3 is 10.8 Å². The van der Waals surface area contributed by atoms with E-state index in [-0.39, 0.29) is 6.61 Å². The molecule has 1 aliphatic rings. The number of hydrogen-bond acceptors (Lipinski definition) is 3. The summed E-state index contributed by atoms with van der Waals surface area (Å²) < 4.78 is 0. The van der Waals surface area contributed by atoms with Crippen LogP contribution in [-0.4, -0.2) is 41.8 Å². The Hall–Kier alpha value is -0.120. The predicted octanol–water partition coefficient (Wildman–Crippen LogP) is 3.26. The Balaban J connectivity index is 2.93. The molecule has 0 aromatic carbocycles. The van der Waals surface area contributed by atoms with Gasteiger partial charge in [-0.15, -0.1) is 0 Å². The summed E-state index contributed by atoms with van der Waals surface area (Å²) in [6, 6.07) is 1.12. The van der Waals surface area contributed by atoms with Crippen molar-refractivity contribution in [2.45, 2.75) is 78.8 Å². The van der Waals surface area contributed by atoms with E-state index in [1.165, 1.54) is 19.3 Å². The van der Waals surface area contributed by atoms with Gasteiger partial charge >= 0.3 is 0 Å². The fraction of sp³-hybridized carbons (Fsp3) is 1.00.